The Bertz CT molecular complexity index is 1830. The minimum Gasteiger partial charge on any atom is -0.493 e. The van der Waals surface area contributed by atoms with Crippen molar-refractivity contribution in [1.29, 1.82) is 5.26 Å². The van der Waals surface area contributed by atoms with Crippen LogP contribution in [0.25, 0.3) is 21.8 Å². The molecule has 1 aliphatic rings. The summed E-state index contributed by atoms with van der Waals surface area (Å²) in [4.78, 5) is 29.6. The van der Waals surface area contributed by atoms with Gasteiger partial charge in [0.05, 0.1) is 31.9 Å². The summed E-state index contributed by atoms with van der Waals surface area (Å²) < 4.78 is 26.0. The molecule has 1 amide bonds. The molecule has 3 heterocycles. The number of aromatic amines is 1. The molecule has 0 spiro atoms. The number of H-pyrrole nitrogens is 1. The number of piperazine rings is 1. The molecule has 0 bridgehead atoms. The molecule has 1 unspecified atom stereocenters. The zero-order valence-corrected chi connectivity index (χ0v) is 22.4. The van der Waals surface area contributed by atoms with Crippen LogP contribution in [0.3, 0.4) is 0 Å². The van der Waals surface area contributed by atoms with Crippen molar-refractivity contribution in [3.63, 3.8) is 0 Å². The largest absolute Gasteiger partial charge is 0.493 e. The number of carbonyl (C=O) groups is 1. The third kappa shape index (κ3) is 4.49. The van der Waals surface area contributed by atoms with Gasteiger partial charge in [0, 0.05) is 35.9 Å². The monoisotopic (exact) mass is 551 g/mol. The Morgan fingerprint density at radius 1 is 1.10 bits per heavy atom. The number of amides is 1. The lowest BCUT2D eigenvalue weighted by molar-refractivity contribution is 0.0716. The molecule has 206 valence electrons. The van der Waals surface area contributed by atoms with Crippen LogP contribution in [0.5, 0.6) is 11.5 Å². The minimum absolute atomic E-state index is 0.0188. The van der Waals surface area contributed by atoms with Crippen LogP contribution in [0.1, 0.15) is 27.7 Å². The van der Waals surface area contributed by atoms with Gasteiger partial charge in [-0.1, -0.05) is 30.3 Å². The van der Waals surface area contributed by atoms with Crippen molar-refractivity contribution < 1.29 is 18.7 Å². The SMILES string of the molecule is COc1cc2c(N)nc(N3CCN(C(=O)c4cc5cc(C#N)ccc5[nH]4)CC3c3ccccc3)nc2c(F)c1OC. The number of rotatable bonds is 5. The summed E-state index contributed by atoms with van der Waals surface area (Å²) in [5.74, 6) is -0.389. The van der Waals surface area contributed by atoms with Crippen molar-refractivity contribution in [2.45, 2.75) is 6.04 Å². The predicted octanol–water partition coefficient (Wildman–Crippen LogP) is 4.42. The van der Waals surface area contributed by atoms with Crippen LogP contribution in [0.4, 0.5) is 16.2 Å². The standard InChI is InChI=1S/C30H26FN7O3/c1-40-24-14-20-26(25(31)27(24)41-2)35-30(36-28(20)33)38-11-10-37(16-23(38)18-6-4-3-5-7-18)29(39)22-13-19-12-17(15-32)8-9-21(19)34-22/h3-9,12-14,23,34H,10-11,16H2,1-2H3,(H2,33,35,36). The van der Waals surface area contributed by atoms with Gasteiger partial charge in [-0.05, 0) is 35.9 Å². The van der Waals surface area contributed by atoms with Crippen LogP contribution in [0.15, 0.2) is 60.7 Å². The van der Waals surface area contributed by atoms with E-state index >= 15 is 4.39 Å². The number of carbonyl (C=O) groups excluding carboxylic acids is 1. The van der Waals surface area contributed by atoms with E-state index in [2.05, 4.69) is 21.0 Å². The van der Waals surface area contributed by atoms with Gasteiger partial charge >= 0.3 is 0 Å². The van der Waals surface area contributed by atoms with Gasteiger partial charge in [-0.25, -0.2) is 9.37 Å². The smallest absolute Gasteiger partial charge is 0.270 e. The zero-order valence-electron chi connectivity index (χ0n) is 22.4. The lowest BCUT2D eigenvalue weighted by atomic mass is 10.0. The fourth-order valence-corrected chi connectivity index (χ4v) is 5.32. The number of nitrogen functional groups attached to an aromatic ring is 1. The number of nitrogens with two attached hydrogens (primary N) is 1. The molecule has 1 saturated heterocycles. The Morgan fingerprint density at radius 3 is 2.63 bits per heavy atom. The Hall–Kier alpha value is -5.37. The minimum atomic E-state index is -0.694. The highest BCUT2D eigenvalue weighted by Gasteiger charge is 2.34. The number of nitriles is 1. The van der Waals surface area contributed by atoms with Crippen molar-refractivity contribution in [1.82, 2.24) is 19.9 Å². The van der Waals surface area contributed by atoms with Gasteiger partial charge < -0.3 is 30.0 Å². The summed E-state index contributed by atoms with van der Waals surface area (Å²) in [5.41, 5.74) is 9.01. The Morgan fingerprint density at radius 2 is 1.90 bits per heavy atom. The third-order valence-electron chi connectivity index (χ3n) is 7.38. The van der Waals surface area contributed by atoms with E-state index in [1.165, 1.54) is 14.2 Å². The first-order chi connectivity index (χ1) is 19.9. The molecule has 3 aromatic carbocycles. The topological polar surface area (TPSA) is 133 Å². The van der Waals surface area contributed by atoms with Crippen LogP contribution in [-0.4, -0.2) is 59.6 Å². The van der Waals surface area contributed by atoms with Crippen molar-refractivity contribution in [3.05, 3.63) is 83.3 Å². The summed E-state index contributed by atoms with van der Waals surface area (Å²) in [7, 11) is 2.77. The number of fused-ring (bicyclic) bond motifs is 2. The highest BCUT2D eigenvalue weighted by molar-refractivity contribution is 5.98. The molecule has 0 aliphatic carbocycles. The second kappa shape index (κ2) is 10.3. The number of halogens is 1. The average Bonchev–Trinajstić information content (AvgIpc) is 3.44. The van der Waals surface area contributed by atoms with Crippen LogP contribution in [-0.2, 0) is 0 Å². The number of hydrogen-bond donors (Lipinski definition) is 2. The van der Waals surface area contributed by atoms with E-state index in [1.807, 2.05) is 35.2 Å². The van der Waals surface area contributed by atoms with E-state index in [4.69, 9.17) is 15.2 Å². The van der Waals surface area contributed by atoms with Gasteiger partial charge in [0.15, 0.2) is 17.3 Å². The fraction of sp³-hybridized carbons (Fsp3) is 0.200. The lowest BCUT2D eigenvalue weighted by Crippen LogP contribution is -2.51. The van der Waals surface area contributed by atoms with Crippen molar-refractivity contribution in [2.75, 3.05) is 44.5 Å². The maximum atomic E-state index is 15.5. The van der Waals surface area contributed by atoms with E-state index in [0.717, 1.165) is 16.5 Å². The summed E-state index contributed by atoms with van der Waals surface area (Å²) in [6.45, 7) is 1.08. The molecule has 2 aromatic heterocycles. The summed E-state index contributed by atoms with van der Waals surface area (Å²) in [6.07, 6.45) is 0. The average molecular weight is 552 g/mol. The van der Waals surface area contributed by atoms with Crippen LogP contribution < -0.4 is 20.1 Å². The number of nitrogens with one attached hydrogen (secondary N) is 1. The van der Waals surface area contributed by atoms with Crippen molar-refractivity contribution in [3.8, 4) is 17.6 Å². The number of nitrogens with zero attached hydrogens (tertiary/aromatic N) is 5. The third-order valence-corrected chi connectivity index (χ3v) is 7.38. The number of anilines is 2. The Balaban J connectivity index is 1.37. The van der Waals surface area contributed by atoms with Crippen LogP contribution in [0, 0.1) is 17.1 Å². The molecule has 11 heteroatoms. The van der Waals surface area contributed by atoms with Gasteiger partial charge in [-0.2, -0.15) is 10.2 Å². The quantitative estimate of drug-likeness (QED) is 0.328. The number of aromatic nitrogens is 3. The van der Waals surface area contributed by atoms with E-state index in [9.17, 15) is 10.1 Å². The lowest BCUT2D eigenvalue weighted by Gasteiger charge is -2.41. The molecule has 41 heavy (non-hydrogen) atoms. The molecule has 0 saturated carbocycles. The first-order valence-electron chi connectivity index (χ1n) is 12.9. The van der Waals surface area contributed by atoms with Gasteiger partial charge in [0.25, 0.3) is 5.91 Å². The maximum Gasteiger partial charge on any atom is 0.270 e. The molecular formula is C30H26FN7O3. The van der Waals surface area contributed by atoms with E-state index in [0.29, 0.717) is 36.3 Å². The second-order valence-corrected chi connectivity index (χ2v) is 9.70. The molecule has 1 fully saturated rings. The molecule has 10 nitrogen and oxygen atoms in total. The molecular weight excluding hydrogens is 525 g/mol. The summed E-state index contributed by atoms with van der Waals surface area (Å²) >= 11 is 0. The molecule has 1 atom stereocenters. The van der Waals surface area contributed by atoms with Crippen molar-refractivity contribution in [2.24, 2.45) is 0 Å². The number of methoxy groups -OCH3 is 2. The highest BCUT2D eigenvalue weighted by Crippen LogP contribution is 2.39. The zero-order chi connectivity index (χ0) is 28.7. The normalized spacial score (nSPS) is 15.2. The molecule has 6 rings (SSSR count). The number of benzene rings is 3. The predicted molar refractivity (Wildman–Crippen MR) is 152 cm³/mol. The van der Waals surface area contributed by atoms with Gasteiger partial charge in [-0.3, -0.25) is 4.79 Å². The van der Waals surface area contributed by atoms with E-state index in [1.54, 1.807) is 35.2 Å². The van der Waals surface area contributed by atoms with Crippen LogP contribution >= 0.6 is 0 Å². The fourth-order valence-electron chi connectivity index (χ4n) is 5.32. The van der Waals surface area contributed by atoms with Gasteiger partial charge in [0.2, 0.25) is 5.95 Å². The maximum absolute atomic E-state index is 15.5. The highest BCUT2D eigenvalue weighted by atomic mass is 19.1. The Kier molecular flexibility index (Phi) is 6.51. The van der Waals surface area contributed by atoms with E-state index < -0.39 is 5.82 Å². The second-order valence-electron chi connectivity index (χ2n) is 9.70. The first kappa shape index (κ1) is 25.9. The summed E-state index contributed by atoms with van der Waals surface area (Å²) in [6, 6.07) is 20.1. The van der Waals surface area contributed by atoms with Gasteiger partial charge in [-0.15, -0.1) is 0 Å². The summed E-state index contributed by atoms with van der Waals surface area (Å²) in [5, 5.41) is 10.3. The van der Waals surface area contributed by atoms with Crippen LogP contribution in [0.2, 0.25) is 0 Å². The molecule has 3 N–H and O–H groups in total. The van der Waals surface area contributed by atoms with Crippen molar-refractivity contribution >= 4 is 39.5 Å². The number of ether oxygens (including phenoxy) is 2. The Labute approximate surface area is 234 Å². The molecule has 5 aromatic rings. The first-order valence-corrected chi connectivity index (χ1v) is 12.9. The molecule has 1 aliphatic heterocycles. The number of hydrogen-bond acceptors (Lipinski definition) is 8. The van der Waals surface area contributed by atoms with Gasteiger partial charge in [0.1, 0.15) is 17.0 Å². The molecule has 0 radical (unpaired) electrons. The van der Waals surface area contributed by atoms with E-state index in [-0.39, 0.29) is 40.7 Å².